The summed E-state index contributed by atoms with van der Waals surface area (Å²) in [6.07, 6.45) is 0.806. The summed E-state index contributed by atoms with van der Waals surface area (Å²) >= 11 is 0. The molecule has 2 amide bonds. The van der Waals surface area contributed by atoms with Gasteiger partial charge in [0.05, 0.1) is 19.1 Å². The maximum absolute atomic E-state index is 12.3. The SMILES string of the molecule is C=C(C)c1cccc(C(C)(C)NC(=O)NC(CC)CC(=O)OC)c1. The molecule has 0 radical (unpaired) electrons. The molecule has 0 fully saturated rings. The molecule has 132 valence electrons. The average molecular weight is 332 g/mol. The zero-order valence-corrected chi connectivity index (χ0v) is 15.2. The van der Waals surface area contributed by atoms with Gasteiger partial charge in [-0.05, 0) is 44.4 Å². The van der Waals surface area contributed by atoms with Gasteiger partial charge in [0.15, 0.2) is 0 Å². The van der Waals surface area contributed by atoms with Crippen LogP contribution >= 0.6 is 0 Å². The van der Waals surface area contributed by atoms with Crippen LogP contribution in [0.2, 0.25) is 0 Å². The predicted octanol–water partition coefficient (Wildman–Crippen LogP) is 3.60. The second-order valence-corrected chi connectivity index (χ2v) is 6.47. The third-order valence-corrected chi connectivity index (χ3v) is 3.97. The largest absolute Gasteiger partial charge is 0.469 e. The molecule has 1 aromatic rings. The van der Waals surface area contributed by atoms with Gasteiger partial charge in [0.25, 0.3) is 0 Å². The minimum atomic E-state index is -0.556. The number of carbonyl (C=O) groups is 2. The van der Waals surface area contributed by atoms with Crippen molar-refractivity contribution in [3.63, 3.8) is 0 Å². The van der Waals surface area contributed by atoms with Crippen LogP contribution in [-0.2, 0) is 15.1 Å². The van der Waals surface area contributed by atoms with Gasteiger partial charge in [-0.15, -0.1) is 0 Å². The Kier molecular flexibility index (Phi) is 7.01. The van der Waals surface area contributed by atoms with E-state index in [1.54, 1.807) is 0 Å². The molecule has 1 rings (SSSR count). The normalized spacial score (nSPS) is 12.2. The van der Waals surface area contributed by atoms with Crippen molar-refractivity contribution in [3.8, 4) is 0 Å². The van der Waals surface area contributed by atoms with Gasteiger partial charge < -0.3 is 15.4 Å². The molecule has 0 saturated carbocycles. The van der Waals surface area contributed by atoms with Crippen molar-refractivity contribution in [2.75, 3.05) is 7.11 Å². The van der Waals surface area contributed by atoms with Gasteiger partial charge >= 0.3 is 12.0 Å². The van der Waals surface area contributed by atoms with Crippen LogP contribution < -0.4 is 10.6 Å². The Labute approximate surface area is 144 Å². The third kappa shape index (κ3) is 5.72. The maximum Gasteiger partial charge on any atom is 0.315 e. The van der Waals surface area contributed by atoms with E-state index >= 15 is 0 Å². The van der Waals surface area contributed by atoms with Crippen LogP contribution in [0.5, 0.6) is 0 Å². The van der Waals surface area contributed by atoms with E-state index in [1.165, 1.54) is 7.11 Å². The van der Waals surface area contributed by atoms with Crippen LogP contribution in [0.3, 0.4) is 0 Å². The summed E-state index contributed by atoms with van der Waals surface area (Å²) in [7, 11) is 1.34. The van der Waals surface area contributed by atoms with E-state index in [-0.39, 0.29) is 24.5 Å². The lowest BCUT2D eigenvalue weighted by Gasteiger charge is -2.29. The molecule has 0 aliphatic rings. The fourth-order valence-electron chi connectivity index (χ4n) is 2.33. The van der Waals surface area contributed by atoms with Gasteiger partial charge in [-0.2, -0.15) is 0 Å². The summed E-state index contributed by atoms with van der Waals surface area (Å²) < 4.78 is 4.65. The third-order valence-electron chi connectivity index (χ3n) is 3.97. The number of ether oxygens (including phenoxy) is 1. The predicted molar refractivity (Wildman–Crippen MR) is 96.6 cm³/mol. The highest BCUT2D eigenvalue weighted by Gasteiger charge is 2.24. The van der Waals surface area contributed by atoms with Crippen LogP contribution in [0.25, 0.3) is 5.57 Å². The van der Waals surface area contributed by atoms with Crippen LogP contribution in [-0.4, -0.2) is 25.2 Å². The van der Waals surface area contributed by atoms with E-state index < -0.39 is 5.54 Å². The van der Waals surface area contributed by atoms with E-state index in [4.69, 9.17) is 0 Å². The second kappa shape index (κ2) is 8.52. The molecule has 2 N–H and O–H groups in total. The number of hydrogen-bond acceptors (Lipinski definition) is 3. The summed E-state index contributed by atoms with van der Waals surface area (Å²) in [6, 6.07) is 7.37. The average Bonchev–Trinajstić information content (AvgIpc) is 2.53. The first-order valence-corrected chi connectivity index (χ1v) is 8.11. The fraction of sp³-hybridized carbons (Fsp3) is 0.474. The van der Waals surface area contributed by atoms with Crippen molar-refractivity contribution in [1.29, 1.82) is 0 Å². The highest BCUT2D eigenvalue weighted by atomic mass is 16.5. The number of amides is 2. The van der Waals surface area contributed by atoms with Crippen molar-refractivity contribution >= 4 is 17.6 Å². The molecule has 0 aliphatic carbocycles. The Morgan fingerprint density at radius 2 is 2.00 bits per heavy atom. The Morgan fingerprint density at radius 1 is 1.33 bits per heavy atom. The smallest absolute Gasteiger partial charge is 0.315 e. The monoisotopic (exact) mass is 332 g/mol. The molecular formula is C19H28N2O3. The van der Waals surface area contributed by atoms with E-state index in [1.807, 2.05) is 52.0 Å². The number of hydrogen-bond donors (Lipinski definition) is 2. The highest BCUT2D eigenvalue weighted by molar-refractivity contribution is 5.77. The van der Waals surface area contributed by atoms with Gasteiger partial charge in [-0.1, -0.05) is 37.3 Å². The Balaban J connectivity index is 2.78. The van der Waals surface area contributed by atoms with Crippen LogP contribution in [0.1, 0.15) is 51.7 Å². The Morgan fingerprint density at radius 3 is 2.54 bits per heavy atom. The van der Waals surface area contributed by atoms with Gasteiger partial charge in [0.1, 0.15) is 0 Å². The zero-order valence-electron chi connectivity index (χ0n) is 15.2. The lowest BCUT2D eigenvalue weighted by atomic mass is 9.92. The summed E-state index contributed by atoms with van der Waals surface area (Å²) in [5.41, 5.74) is 2.44. The number of esters is 1. The Hall–Kier alpha value is -2.30. The molecule has 1 atom stereocenters. The van der Waals surface area contributed by atoms with E-state index in [9.17, 15) is 9.59 Å². The summed E-state index contributed by atoms with van der Waals surface area (Å²) in [5, 5.41) is 5.79. The van der Waals surface area contributed by atoms with Crippen LogP contribution in [0.4, 0.5) is 4.79 Å². The van der Waals surface area contributed by atoms with E-state index in [2.05, 4.69) is 21.9 Å². The Bertz CT molecular complexity index is 608. The molecule has 24 heavy (non-hydrogen) atoms. The molecule has 0 aromatic heterocycles. The maximum atomic E-state index is 12.3. The first kappa shape index (κ1) is 19.7. The number of benzene rings is 1. The number of methoxy groups -OCH3 is 1. The molecule has 0 aliphatic heterocycles. The lowest BCUT2D eigenvalue weighted by molar-refractivity contribution is -0.141. The minimum absolute atomic E-state index is 0.159. The zero-order chi connectivity index (χ0) is 18.3. The molecule has 5 heteroatoms. The highest BCUT2D eigenvalue weighted by Crippen LogP contribution is 2.23. The molecule has 0 heterocycles. The summed E-state index contributed by atoms with van der Waals surface area (Å²) in [5.74, 6) is -0.337. The van der Waals surface area contributed by atoms with Gasteiger partial charge in [0.2, 0.25) is 0 Å². The molecule has 5 nitrogen and oxygen atoms in total. The molecule has 1 unspecified atom stereocenters. The van der Waals surface area contributed by atoms with Crippen molar-refractivity contribution in [2.45, 2.75) is 52.1 Å². The molecule has 1 aromatic carbocycles. The van der Waals surface area contributed by atoms with Gasteiger partial charge in [-0.3, -0.25) is 4.79 Å². The van der Waals surface area contributed by atoms with Crippen LogP contribution in [0.15, 0.2) is 30.8 Å². The standard InChI is InChI=1S/C19H28N2O3/c1-7-16(12-17(22)24-6)20-18(23)21-19(4,5)15-10-8-9-14(11-15)13(2)3/h8-11,16H,2,7,12H2,1,3-6H3,(H2,20,21,23). The van der Waals surface area contributed by atoms with E-state index in [0.717, 1.165) is 16.7 Å². The first-order valence-electron chi connectivity index (χ1n) is 8.11. The summed E-state index contributed by atoms with van der Waals surface area (Å²) in [4.78, 5) is 23.7. The molecule has 0 saturated heterocycles. The van der Waals surface area contributed by atoms with Crippen molar-refractivity contribution in [1.82, 2.24) is 10.6 Å². The quantitative estimate of drug-likeness (QED) is 0.750. The van der Waals surface area contributed by atoms with Crippen molar-refractivity contribution in [3.05, 3.63) is 42.0 Å². The molecular weight excluding hydrogens is 304 g/mol. The minimum Gasteiger partial charge on any atom is -0.469 e. The van der Waals surface area contributed by atoms with E-state index in [0.29, 0.717) is 6.42 Å². The lowest BCUT2D eigenvalue weighted by Crippen LogP contribution is -2.49. The second-order valence-electron chi connectivity index (χ2n) is 6.47. The van der Waals surface area contributed by atoms with Crippen molar-refractivity contribution < 1.29 is 14.3 Å². The van der Waals surface area contributed by atoms with Crippen molar-refractivity contribution in [2.24, 2.45) is 0 Å². The number of allylic oxidation sites excluding steroid dienone is 1. The number of nitrogens with one attached hydrogen (secondary N) is 2. The van der Waals surface area contributed by atoms with Crippen LogP contribution in [0, 0.1) is 0 Å². The van der Waals surface area contributed by atoms with Gasteiger partial charge in [-0.25, -0.2) is 4.79 Å². The number of rotatable bonds is 7. The first-order chi connectivity index (χ1) is 11.2. The van der Waals surface area contributed by atoms with Gasteiger partial charge in [0, 0.05) is 6.04 Å². The molecule has 0 spiro atoms. The number of urea groups is 1. The summed E-state index contributed by atoms with van der Waals surface area (Å²) in [6.45, 7) is 11.7. The number of carbonyl (C=O) groups excluding carboxylic acids is 2. The fourth-order valence-corrected chi connectivity index (χ4v) is 2.33. The molecule has 0 bridgehead atoms. The topological polar surface area (TPSA) is 67.4 Å².